The monoisotopic (exact) mass is 171 g/mol. The van der Waals surface area contributed by atoms with Gasteiger partial charge in [0.15, 0.2) is 0 Å². The Morgan fingerprint density at radius 3 is 2.50 bits per heavy atom. The molecular weight excluding hydrogens is 164 g/mol. The highest BCUT2D eigenvalue weighted by Crippen LogP contribution is 2.17. The molecule has 2 rings (SSSR count). The van der Waals surface area contributed by atoms with Crippen molar-refractivity contribution in [1.82, 2.24) is 0 Å². The van der Waals surface area contributed by atoms with E-state index in [1.807, 2.05) is 24.3 Å². The van der Waals surface area contributed by atoms with Crippen molar-refractivity contribution in [3.8, 4) is 5.75 Å². The number of aromatic hydroxyl groups is 1. The van der Waals surface area contributed by atoms with E-state index in [1.54, 1.807) is 12.1 Å². The Kier molecular flexibility index (Phi) is 1.62. The predicted molar refractivity (Wildman–Crippen MR) is 51.0 cm³/mol. The Hall–Kier alpha value is -1.28. The minimum Gasteiger partial charge on any atom is -0.508 e. The summed E-state index contributed by atoms with van der Waals surface area (Å²) in [6.07, 6.45) is 0. The number of phenolic OH excluding ortho intramolecular Hbond substituents is 1. The van der Waals surface area contributed by atoms with E-state index < -0.39 is 0 Å². The van der Waals surface area contributed by atoms with E-state index in [0.29, 0.717) is 5.75 Å². The molecule has 2 aromatic carbocycles. The smallest absolute Gasteiger partial charge is 0.116 e. The normalized spacial score (nSPS) is 10.4. The van der Waals surface area contributed by atoms with Gasteiger partial charge in [0.05, 0.1) is 10.2 Å². The molecule has 0 aliphatic rings. The molecule has 1 N–H and O–H groups in total. The zero-order valence-electron chi connectivity index (χ0n) is 6.41. The van der Waals surface area contributed by atoms with Gasteiger partial charge in [0, 0.05) is 0 Å². The second-order valence-corrected chi connectivity index (χ2v) is 3.32. The molecule has 0 heterocycles. The van der Waals surface area contributed by atoms with Crippen LogP contribution in [0.1, 0.15) is 0 Å². The number of benzene rings is 2. The standard InChI is InChI=1S/C10H7OSi/c11-9-3-1-7-2-4-10(12)6-8(7)5-9/h1-6,11H. The van der Waals surface area contributed by atoms with Crippen LogP contribution < -0.4 is 5.19 Å². The molecule has 0 amide bonds. The Labute approximate surface area is 74.1 Å². The van der Waals surface area contributed by atoms with E-state index in [4.69, 9.17) is 0 Å². The maximum atomic E-state index is 9.21. The minimum atomic E-state index is 0.305. The largest absolute Gasteiger partial charge is 0.508 e. The van der Waals surface area contributed by atoms with E-state index in [-0.39, 0.29) is 0 Å². The first-order valence-electron chi connectivity index (χ1n) is 3.70. The third-order valence-corrected chi connectivity index (χ3v) is 2.13. The van der Waals surface area contributed by atoms with Crippen LogP contribution in [0.2, 0.25) is 0 Å². The van der Waals surface area contributed by atoms with Crippen LogP contribution in [0.3, 0.4) is 0 Å². The molecule has 0 spiro atoms. The number of hydrogen-bond acceptors (Lipinski definition) is 1. The molecular formula is C10H7OSi. The topological polar surface area (TPSA) is 20.2 Å². The molecule has 0 saturated heterocycles. The average Bonchev–Trinajstić information content (AvgIpc) is 2.03. The van der Waals surface area contributed by atoms with Crippen molar-refractivity contribution >= 4 is 26.2 Å². The molecule has 2 aromatic rings. The Balaban J connectivity index is 2.80. The maximum absolute atomic E-state index is 9.21. The first kappa shape index (κ1) is 7.37. The van der Waals surface area contributed by atoms with Gasteiger partial charge in [0.25, 0.3) is 0 Å². The van der Waals surface area contributed by atoms with Crippen LogP contribution in [-0.4, -0.2) is 15.3 Å². The van der Waals surface area contributed by atoms with Crippen LogP contribution >= 0.6 is 0 Å². The van der Waals surface area contributed by atoms with Crippen molar-refractivity contribution in [2.24, 2.45) is 0 Å². The van der Waals surface area contributed by atoms with Crippen molar-refractivity contribution in [3.63, 3.8) is 0 Å². The van der Waals surface area contributed by atoms with Crippen LogP contribution in [0.4, 0.5) is 0 Å². The van der Waals surface area contributed by atoms with Gasteiger partial charge in [0.1, 0.15) is 5.75 Å². The Bertz CT molecular complexity index is 386. The lowest BCUT2D eigenvalue weighted by atomic mass is 10.1. The second-order valence-electron chi connectivity index (χ2n) is 2.75. The highest BCUT2D eigenvalue weighted by atomic mass is 28.1. The third-order valence-electron chi connectivity index (χ3n) is 1.82. The zero-order valence-corrected chi connectivity index (χ0v) is 7.41. The van der Waals surface area contributed by atoms with Gasteiger partial charge in [-0.15, -0.1) is 0 Å². The summed E-state index contributed by atoms with van der Waals surface area (Å²) in [5, 5.41) is 12.4. The lowest BCUT2D eigenvalue weighted by molar-refractivity contribution is 0.476. The van der Waals surface area contributed by atoms with Gasteiger partial charge in [-0.3, -0.25) is 0 Å². The van der Waals surface area contributed by atoms with E-state index >= 15 is 0 Å². The van der Waals surface area contributed by atoms with Crippen molar-refractivity contribution in [2.75, 3.05) is 0 Å². The van der Waals surface area contributed by atoms with Crippen molar-refractivity contribution in [3.05, 3.63) is 36.4 Å². The molecule has 12 heavy (non-hydrogen) atoms. The molecule has 1 nitrogen and oxygen atoms in total. The molecule has 0 fully saturated rings. The first-order chi connectivity index (χ1) is 5.75. The van der Waals surface area contributed by atoms with Crippen LogP contribution in [0.5, 0.6) is 5.75 Å². The fourth-order valence-corrected chi connectivity index (χ4v) is 1.47. The van der Waals surface area contributed by atoms with Gasteiger partial charge in [-0.1, -0.05) is 29.5 Å². The lowest BCUT2D eigenvalue weighted by Gasteiger charge is -1.99. The van der Waals surface area contributed by atoms with E-state index in [0.717, 1.165) is 16.0 Å². The quantitative estimate of drug-likeness (QED) is 0.593. The fraction of sp³-hybridized carbons (Fsp3) is 0. The molecule has 0 saturated carbocycles. The van der Waals surface area contributed by atoms with Gasteiger partial charge in [0.2, 0.25) is 0 Å². The van der Waals surface area contributed by atoms with Gasteiger partial charge in [-0.05, 0) is 22.9 Å². The first-order valence-corrected chi connectivity index (χ1v) is 4.20. The van der Waals surface area contributed by atoms with Gasteiger partial charge < -0.3 is 5.11 Å². The molecule has 0 aromatic heterocycles. The molecule has 3 radical (unpaired) electrons. The number of fused-ring (bicyclic) bond motifs is 1. The third kappa shape index (κ3) is 1.21. The molecule has 0 aliphatic carbocycles. The van der Waals surface area contributed by atoms with E-state index in [2.05, 4.69) is 10.2 Å². The van der Waals surface area contributed by atoms with Crippen LogP contribution in [0.15, 0.2) is 36.4 Å². The Morgan fingerprint density at radius 2 is 1.67 bits per heavy atom. The summed E-state index contributed by atoms with van der Waals surface area (Å²) in [6.45, 7) is 0. The van der Waals surface area contributed by atoms with Gasteiger partial charge in [-0.25, -0.2) is 0 Å². The van der Waals surface area contributed by atoms with Crippen molar-refractivity contribution < 1.29 is 5.11 Å². The fourth-order valence-electron chi connectivity index (χ4n) is 1.23. The van der Waals surface area contributed by atoms with E-state index in [9.17, 15) is 5.11 Å². The molecule has 2 heteroatoms. The Morgan fingerprint density at radius 1 is 0.917 bits per heavy atom. The van der Waals surface area contributed by atoms with Crippen LogP contribution in [-0.2, 0) is 0 Å². The molecule has 0 bridgehead atoms. The summed E-state index contributed by atoms with van der Waals surface area (Å²) in [4.78, 5) is 0. The number of phenols is 1. The molecule has 0 atom stereocenters. The van der Waals surface area contributed by atoms with Gasteiger partial charge >= 0.3 is 0 Å². The summed E-state index contributed by atoms with van der Waals surface area (Å²) in [5.41, 5.74) is 0. The highest BCUT2D eigenvalue weighted by Gasteiger charge is 1.94. The lowest BCUT2D eigenvalue weighted by Crippen LogP contribution is -1.99. The van der Waals surface area contributed by atoms with Crippen molar-refractivity contribution in [2.45, 2.75) is 0 Å². The molecule has 57 valence electrons. The summed E-state index contributed by atoms with van der Waals surface area (Å²) in [5.74, 6) is 0.305. The number of hydrogen-bond donors (Lipinski definition) is 1. The predicted octanol–water partition coefficient (Wildman–Crippen LogP) is 1.34. The zero-order chi connectivity index (χ0) is 8.55. The SMILES string of the molecule is Oc1ccc2ccc([Si])cc2c1. The van der Waals surface area contributed by atoms with Crippen molar-refractivity contribution in [1.29, 1.82) is 0 Å². The van der Waals surface area contributed by atoms with Crippen LogP contribution in [0, 0.1) is 0 Å². The summed E-state index contributed by atoms with van der Waals surface area (Å²) in [6, 6.07) is 11.3. The highest BCUT2D eigenvalue weighted by molar-refractivity contribution is 6.33. The molecule has 0 unspecified atom stereocenters. The summed E-state index contributed by atoms with van der Waals surface area (Å²) >= 11 is 0. The van der Waals surface area contributed by atoms with E-state index in [1.165, 1.54) is 0 Å². The minimum absolute atomic E-state index is 0.305. The molecule has 0 aliphatic heterocycles. The summed E-state index contributed by atoms with van der Waals surface area (Å²) < 4.78 is 0. The van der Waals surface area contributed by atoms with Crippen LogP contribution in [0.25, 0.3) is 10.8 Å². The average molecular weight is 171 g/mol. The number of rotatable bonds is 0. The summed E-state index contributed by atoms with van der Waals surface area (Å²) in [7, 11) is 3.42. The van der Waals surface area contributed by atoms with Gasteiger partial charge in [-0.2, -0.15) is 0 Å². The maximum Gasteiger partial charge on any atom is 0.116 e. The second kappa shape index (κ2) is 2.64.